The Bertz CT molecular complexity index is 1470. The molecular formula is C32H31F2N3O5. The summed E-state index contributed by atoms with van der Waals surface area (Å²) in [5, 5.41) is 6.09. The van der Waals surface area contributed by atoms with Crippen LogP contribution in [0.15, 0.2) is 66.7 Å². The van der Waals surface area contributed by atoms with Crippen molar-refractivity contribution >= 4 is 34.7 Å². The van der Waals surface area contributed by atoms with Crippen LogP contribution in [0.3, 0.4) is 0 Å². The number of hydrogen-bond donors (Lipinski definition) is 2. The summed E-state index contributed by atoms with van der Waals surface area (Å²) >= 11 is 0. The second kappa shape index (κ2) is 14.2. The number of Topliss-reactive ketones (excluding diaryl/α,β-unsaturated/α-hetero) is 1. The van der Waals surface area contributed by atoms with Crippen LogP contribution in [0.2, 0.25) is 0 Å². The van der Waals surface area contributed by atoms with E-state index in [-0.39, 0.29) is 49.7 Å². The summed E-state index contributed by atoms with van der Waals surface area (Å²) in [6.45, 7) is 8.30. The van der Waals surface area contributed by atoms with Crippen LogP contribution in [0.4, 0.5) is 25.8 Å². The molecule has 2 atom stereocenters. The van der Waals surface area contributed by atoms with Crippen molar-refractivity contribution in [2.24, 2.45) is 0 Å². The molecule has 4 bridgehead atoms. The predicted octanol–water partition coefficient (Wildman–Crippen LogP) is 6.62. The molecule has 1 amide bonds. The number of carbonyl (C=O) groups excluding carboxylic acids is 3. The number of ketones is 1. The molecule has 42 heavy (non-hydrogen) atoms. The molecule has 0 saturated heterocycles. The smallest absolute Gasteiger partial charge is 0.306 e. The molecule has 1 unspecified atom stereocenters. The Hall–Kier alpha value is -4.78. The molecule has 2 N–H and O–H groups in total. The minimum Gasteiger partial charge on any atom is -0.487 e. The fourth-order valence-electron chi connectivity index (χ4n) is 4.85. The summed E-state index contributed by atoms with van der Waals surface area (Å²) in [5.41, 5.74) is 3.27. The van der Waals surface area contributed by atoms with Gasteiger partial charge in [-0.05, 0) is 66.4 Å². The number of nitrogens with one attached hydrogen (secondary N) is 2. The van der Waals surface area contributed by atoms with Crippen LogP contribution in [0.1, 0.15) is 54.8 Å². The van der Waals surface area contributed by atoms with E-state index in [0.29, 0.717) is 33.8 Å². The number of fused-ring (bicyclic) bond motifs is 4. The SMILES string of the molecule is [C-]#[N+]c1ccc(NC2C(=O)C[C@H](CC(=O)OCC)c3cccc(c3)NC(=O)CCc3cc2ccc3OCC(F)F)cc1. The fraction of sp³-hybridized carbons (Fsp3) is 0.312. The van der Waals surface area contributed by atoms with E-state index >= 15 is 0 Å². The number of anilines is 2. The van der Waals surface area contributed by atoms with Gasteiger partial charge in [-0.2, -0.15) is 0 Å². The quantitative estimate of drug-likeness (QED) is 0.232. The summed E-state index contributed by atoms with van der Waals surface area (Å²) in [6, 6.07) is 17.6. The lowest BCUT2D eigenvalue weighted by Gasteiger charge is -2.24. The van der Waals surface area contributed by atoms with Crippen molar-refractivity contribution in [3.05, 3.63) is 94.8 Å². The van der Waals surface area contributed by atoms with Gasteiger partial charge >= 0.3 is 5.97 Å². The van der Waals surface area contributed by atoms with Gasteiger partial charge < -0.3 is 20.1 Å². The number of halogens is 2. The van der Waals surface area contributed by atoms with Crippen LogP contribution in [-0.4, -0.2) is 37.3 Å². The lowest BCUT2D eigenvalue weighted by molar-refractivity contribution is -0.143. The molecule has 0 aliphatic carbocycles. The number of amides is 1. The molecule has 1 heterocycles. The number of benzene rings is 3. The van der Waals surface area contributed by atoms with Gasteiger partial charge in [0, 0.05) is 30.1 Å². The van der Waals surface area contributed by atoms with Crippen LogP contribution < -0.4 is 15.4 Å². The summed E-state index contributed by atoms with van der Waals surface area (Å²) in [5.74, 6) is -1.31. The van der Waals surface area contributed by atoms with E-state index in [1.54, 1.807) is 67.6 Å². The molecule has 3 aromatic rings. The topological polar surface area (TPSA) is 98.1 Å². The predicted molar refractivity (Wildman–Crippen MR) is 154 cm³/mol. The van der Waals surface area contributed by atoms with Crippen molar-refractivity contribution in [2.75, 3.05) is 23.8 Å². The van der Waals surface area contributed by atoms with Crippen molar-refractivity contribution in [1.82, 2.24) is 0 Å². The summed E-state index contributed by atoms with van der Waals surface area (Å²) in [4.78, 5) is 42.9. The van der Waals surface area contributed by atoms with Crippen LogP contribution in [0.25, 0.3) is 4.85 Å². The van der Waals surface area contributed by atoms with Crippen molar-refractivity contribution in [1.29, 1.82) is 0 Å². The summed E-state index contributed by atoms with van der Waals surface area (Å²) in [7, 11) is 0. The lowest BCUT2D eigenvalue weighted by atomic mass is 9.86. The van der Waals surface area contributed by atoms with Gasteiger partial charge in [-0.1, -0.05) is 30.3 Å². The highest BCUT2D eigenvalue weighted by molar-refractivity contribution is 5.92. The molecule has 3 aromatic carbocycles. The highest BCUT2D eigenvalue weighted by Gasteiger charge is 2.28. The zero-order valence-corrected chi connectivity index (χ0v) is 23.1. The van der Waals surface area contributed by atoms with Crippen molar-refractivity contribution in [3.8, 4) is 5.75 Å². The first-order valence-corrected chi connectivity index (χ1v) is 13.6. The third-order valence-corrected chi connectivity index (χ3v) is 6.84. The molecule has 0 fully saturated rings. The first-order valence-electron chi connectivity index (χ1n) is 13.6. The number of nitrogens with zero attached hydrogens (tertiary/aromatic N) is 1. The second-order valence-corrected chi connectivity index (χ2v) is 9.86. The average molecular weight is 576 g/mol. The normalized spacial score (nSPS) is 17.0. The van der Waals surface area contributed by atoms with Gasteiger partial charge in [-0.25, -0.2) is 13.6 Å². The molecule has 8 nitrogen and oxygen atoms in total. The van der Waals surface area contributed by atoms with Crippen molar-refractivity contribution in [2.45, 2.75) is 51.0 Å². The average Bonchev–Trinajstić information content (AvgIpc) is 2.97. The monoisotopic (exact) mass is 575 g/mol. The Morgan fingerprint density at radius 1 is 1.07 bits per heavy atom. The third kappa shape index (κ3) is 8.13. The van der Waals surface area contributed by atoms with E-state index in [2.05, 4.69) is 15.5 Å². The van der Waals surface area contributed by atoms with E-state index in [1.807, 2.05) is 0 Å². The van der Waals surface area contributed by atoms with Gasteiger partial charge in [-0.3, -0.25) is 14.4 Å². The molecular weight excluding hydrogens is 544 g/mol. The number of rotatable bonds is 8. The van der Waals surface area contributed by atoms with Crippen LogP contribution in [0.5, 0.6) is 5.75 Å². The highest BCUT2D eigenvalue weighted by atomic mass is 19.3. The van der Waals surface area contributed by atoms with Gasteiger partial charge in [0.2, 0.25) is 5.91 Å². The fourth-order valence-corrected chi connectivity index (χ4v) is 4.85. The number of hydrogen-bond acceptors (Lipinski definition) is 6. The van der Waals surface area contributed by atoms with Gasteiger partial charge in [0.15, 0.2) is 11.5 Å². The van der Waals surface area contributed by atoms with Crippen LogP contribution in [-0.2, 0) is 25.5 Å². The molecule has 0 spiro atoms. The number of ether oxygens (including phenoxy) is 2. The number of alkyl halides is 2. The Kier molecular flexibility index (Phi) is 10.2. The first kappa shape index (κ1) is 30.2. The maximum absolute atomic E-state index is 14.1. The van der Waals surface area contributed by atoms with E-state index in [0.717, 1.165) is 0 Å². The number of esters is 1. The van der Waals surface area contributed by atoms with Gasteiger partial charge in [-0.15, -0.1) is 0 Å². The Balaban J connectivity index is 1.78. The van der Waals surface area contributed by atoms with E-state index < -0.39 is 31.0 Å². The van der Waals surface area contributed by atoms with Gasteiger partial charge in [0.05, 0.1) is 19.6 Å². The van der Waals surface area contributed by atoms with Crippen LogP contribution >= 0.6 is 0 Å². The third-order valence-electron chi connectivity index (χ3n) is 6.84. The molecule has 10 heteroatoms. The highest BCUT2D eigenvalue weighted by Crippen LogP contribution is 2.34. The molecule has 4 rings (SSSR count). The minimum absolute atomic E-state index is 0.0347. The second-order valence-electron chi connectivity index (χ2n) is 9.86. The van der Waals surface area contributed by atoms with E-state index in [1.165, 1.54) is 6.07 Å². The zero-order chi connectivity index (χ0) is 30.1. The van der Waals surface area contributed by atoms with Crippen molar-refractivity contribution in [3.63, 3.8) is 0 Å². The number of carbonyl (C=O) groups is 3. The molecule has 0 radical (unpaired) electrons. The Labute approximate surface area is 242 Å². The minimum atomic E-state index is -2.68. The summed E-state index contributed by atoms with van der Waals surface area (Å²) in [6.07, 6.45) is -2.54. The zero-order valence-electron chi connectivity index (χ0n) is 23.1. The molecule has 1 aliphatic rings. The van der Waals surface area contributed by atoms with E-state index in [4.69, 9.17) is 16.0 Å². The maximum atomic E-state index is 14.1. The summed E-state index contributed by atoms with van der Waals surface area (Å²) < 4.78 is 36.4. The standard InChI is InChI=1S/C32H31F2N3O5/c1-3-41-31(40)18-23-17-27(38)32(37-25-11-9-24(35-2)10-12-25)22-7-13-28(42-19-29(33)34)21(15-22)8-14-30(39)36-26-6-4-5-20(23)16-26/h4-7,9-13,15-16,23,29,32,37H,3,8,14,17-19H2,1H3,(H,36,39)/t23-,32?/m1/s1. The Morgan fingerprint density at radius 3 is 2.57 bits per heavy atom. The molecule has 1 aliphatic heterocycles. The number of aryl methyl sites for hydroxylation is 1. The molecule has 0 aromatic heterocycles. The Morgan fingerprint density at radius 2 is 1.86 bits per heavy atom. The molecule has 218 valence electrons. The first-order chi connectivity index (χ1) is 20.2. The van der Waals surface area contributed by atoms with Crippen molar-refractivity contribution < 1.29 is 32.6 Å². The van der Waals surface area contributed by atoms with E-state index in [9.17, 15) is 23.2 Å². The lowest BCUT2D eigenvalue weighted by Crippen LogP contribution is -2.25. The van der Waals surface area contributed by atoms with Crippen LogP contribution in [0, 0.1) is 6.57 Å². The van der Waals surface area contributed by atoms with Gasteiger partial charge in [0.25, 0.3) is 6.43 Å². The van der Waals surface area contributed by atoms with Gasteiger partial charge in [0.1, 0.15) is 18.4 Å². The maximum Gasteiger partial charge on any atom is 0.306 e. The molecule has 0 saturated carbocycles. The largest absolute Gasteiger partial charge is 0.487 e.